The molecule has 1 N–H and O–H groups in total. The zero-order valence-electron chi connectivity index (χ0n) is 17.9. The minimum Gasteiger partial charge on any atom is -0.378 e. The van der Waals surface area contributed by atoms with Crippen LogP contribution in [0.1, 0.15) is 24.9 Å². The van der Waals surface area contributed by atoms with Crippen LogP contribution >= 0.6 is 23.4 Å². The molecule has 4 rings (SSSR count). The Balaban J connectivity index is 1.48. The minimum absolute atomic E-state index is 0.0488. The number of aromatic nitrogens is 3. The first-order valence-electron chi connectivity index (χ1n) is 10.7. The zero-order chi connectivity index (χ0) is 22.3. The van der Waals surface area contributed by atoms with Gasteiger partial charge in [0.25, 0.3) is 0 Å². The fraction of sp³-hybridized carbons (Fsp3) is 0.348. The van der Waals surface area contributed by atoms with Crippen LogP contribution in [0, 0.1) is 0 Å². The van der Waals surface area contributed by atoms with Crippen LogP contribution in [0.15, 0.2) is 59.8 Å². The van der Waals surface area contributed by atoms with Crippen molar-refractivity contribution in [2.75, 3.05) is 37.0 Å². The van der Waals surface area contributed by atoms with E-state index in [4.69, 9.17) is 16.3 Å². The Morgan fingerprint density at radius 3 is 2.53 bits per heavy atom. The lowest BCUT2D eigenvalue weighted by molar-refractivity contribution is -0.119. The molecule has 1 saturated heterocycles. The number of anilines is 1. The summed E-state index contributed by atoms with van der Waals surface area (Å²) < 4.78 is 7.49. The van der Waals surface area contributed by atoms with Gasteiger partial charge in [0, 0.05) is 18.1 Å². The lowest BCUT2D eigenvalue weighted by Gasteiger charge is -2.27. The Labute approximate surface area is 197 Å². The summed E-state index contributed by atoms with van der Waals surface area (Å²) in [5, 5.41) is 13.3. The van der Waals surface area contributed by atoms with Gasteiger partial charge in [-0.15, -0.1) is 10.2 Å². The molecule has 2 aromatic carbocycles. The lowest BCUT2D eigenvalue weighted by Crippen LogP contribution is -2.37. The van der Waals surface area contributed by atoms with E-state index < -0.39 is 0 Å². The SMILES string of the molecule is CCC(NC(=O)CSc1nnc(N2CCOCC2)n1-c1ccccc1)c1ccc(Cl)cc1. The molecule has 168 valence electrons. The number of amides is 1. The van der Waals surface area contributed by atoms with Gasteiger partial charge in [0.15, 0.2) is 5.16 Å². The van der Waals surface area contributed by atoms with E-state index in [1.165, 1.54) is 11.8 Å². The molecule has 9 heteroatoms. The number of ether oxygens (including phenoxy) is 1. The summed E-state index contributed by atoms with van der Waals surface area (Å²) in [6, 6.07) is 17.5. The number of benzene rings is 2. The quantitative estimate of drug-likeness (QED) is 0.498. The van der Waals surface area contributed by atoms with Crippen molar-refractivity contribution in [3.8, 4) is 5.69 Å². The summed E-state index contributed by atoms with van der Waals surface area (Å²) >= 11 is 7.37. The highest BCUT2D eigenvalue weighted by Crippen LogP contribution is 2.27. The summed E-state index contributed by atoms with van der Waals surface area (Å²) in [6.07, 6.45) is 0.791. The van der Waals surface area contributed by atoms with E-state index in [2.05, 4.69) is 20.4 Å². The first-order chi connectivity index (χ1) is 15.7. The number of para-hydroxylation sites is 1. The fourth-order valence-electron chi connectivity index (χ4n) is 3.61. The predicted molar refractivity (Wildman–Crippen MR) is 128 cm³/mol. The van der Waals surface area contributed by atoms with E-state index >= 15 is 0 Å². The topological polar surface area (TPSA) is 72.3 Å². The zero-order valence-corrected chi connectivity index (χ0v) is 19.5. The molecule has 1 unspecified atom stereocenters. The van der Waals surface area contributed by atoms with Crippen molar-refractivity contribution in [1.82, 2.24) is 20.1 Å². The fourth-order valence-corrected chi connectivity index (χ4v) is 4.49. The number of hydrogen-bond donors (Lipinski definition) is 1. The standard InChI is InChI=1S/C23H26ClN5O2S/c1-2-20(17-8-10-18(24)11-9-17)25-21(30)16-32-23-27-26-22(28-12-14-31-15-13-28)29(23)19-6-4-3-5-7-19/h3-11,20H,2,12-16H2,1H3,(H,25,30). The first kappa shape index (κ1) is 22.6. The van der Waals surface area contributed by atoms with Gasteiger partial charge in [-0.05, 0) is 36.2 Å². The van der Waals surface area contributed by atoms with Gasteiger partial charge >= 0.3 is 0 Å². The Morgan fingerprint density at radius 2 is 1.84 bits per heavy atom. The maximum Gasteiger partial charge on any atom is 0.232 e. The third-order valence-electron chi connectivity index (χ3n) is 5.27. The summed E-state index contributed by atoms with van der Waals surface area (Å²) in [4.78, 5) is 14.9. The molecule has 1 atom stereocenters. The molecule has 0 bridgehead atoms. The molecule has 32 heavy (non-hydrogen) atoms. The van der Waals surface area contributed by atoms with Gasteiger partial charge in [-0.25, -0.2) is 0 Å². The Morgan fingerprint density at radius 1 is 1.12 bits per heavy atom. The van der Waals surface area contributed by atoms with Crippen LogP contribution < -0.4 is 10.2 Å². The largest absolute Gasteiger partial charge is 0.378 e. The van der Waals surface area contributed by atoms with Crippen LogP contribution in [0.25, 0.3) is 5.69 Å². The molecule has 1 fully saturated rings. The second-order valence-electron chi connectivity index (χ2n) is 7.42. The Kier molecular flexibility index (Phi) is 7.68. The smallest absolute Gasteiger partial charge is 0.232 e. The predicted octanol–water partition coefficient (Wildman–Crippen LogP) is 4.12. The molecule has 1 aliphatic heterocycles. The van der Waals surface area contributed by atoms with Gasteiger partial charge in [0.05, 0.1) is 30.7 Å². The van der Waals surface area contributed by atoms with Gasteiger partial charge in [-0.1, -0.05) is 60.6 Å². The highest BCUT2D eigenvalue weighted by molar-refractivity contribution is 7.99. The molecule has 2 heterocycles. The summed E-state index contributed by atoms with van der Waals surface area (Å²) in [5.74, 6) is 0.973. The summed E-state index contributed by atoms with van der Waals surface area (Å²) in [5.41, 5.74) is 2.01. The first-order valence-corrected chi connectivity index (χ1v) is 12.0. The van der Waals surface area contributed by atoms with Crippen molar-refractivity contribution < 1.29 is 9.53 Å². The molecule has 0 aliphatic carbocycles. The summed E-state index contributed by atoms with van der Waals surface area (Å²) in [6.45, 7) is 4.89. The number of nitrogens with zero attached hydrogens (tertiary/aromatic N) is 4. The van der Waals surface area contributed by atoms with Gasteiger partial charge in [0.2, 0.25) is 11.9 Å². The van der Waals surface area contributed by atoms with Crippen molar-refractivity contribution >= 4 is 35.2 Å². The van der Waals surface area contributed by atoms with Crippen molar-refractivity contribution in [3.05, 3.63) is 65.2 Å². The van der Waals surface area contributed by atoms with Crippen LogP contribution in [-0.2, 0) is 9.53 Å². The monoisotopic (exact) mass is 471 g/mol. The molecule has 0 saturated carbocycles. The van der Waals surface area contributed by atoms with Crippen molar-refractivity contribution in [2.24, 2.45) is 0 Å². The molecule has 7 nitrogen and oxygen atoms in total. The Bertz CT molecular complexity index is 1020. The van der Waals surface area contributed by atoms with Gasteiger partial charge < -0.3 is 15.0 Å². The number of carbonyl (C=O) groups is 1. The number of morpholine rings is 1. The van der Waals surface area contributed by atoms with E-state index in [9.17, 15) is 4.79 Å². The molecule has 0 radical (unpaired) electrons. The summed E-state index contributed by atoms with van der Waals surface area (Å²) in [7, 11) is 0. The van der Waals surface area contributed by atoms with E-state index in [0.717, 1.165) is 36.7 Å². The van der Waals surface area contributed by atoms with Crippen molar-refractivity contribution in [2.45, 2.75) is 24.5 Å². The molecule has 0 spiro atoms. The number of hydrogen-bond acceptors (Lipinski definition) is 6. The molecular weight excluding hydrogens is 446 g/mol. The van der Waals surface area contributed by atoms with Crippen LogP contribution in [0.5, 0.6) is 0 Å². The highest BCUT2D eigenvalue weighted by atomic mass is 35.5. The molecule has 1 aromatic heterocycles. The lowest BCUT2D eigenvalue weighted by atomic mass is 10.0. The molecule has 1 aliphatic rings. The second-order valence-corrected chi connectivity index (χ2v) is 8.80. The number of carbonyl (C=O) groups excluding carboxylic acids is 1. The van der Waals surface area contributed by atoms with Gasteiger partial charge in [-0.2, -0.15) is 0 Å². The van der Waals surface area contributed by atoms with E-state index in [0.29, 0.717) is 23.4 Å². The maximum atomic E-state index is 12.7. The molecule has 3 aromatic rings. The van der Waals surface area contributed by atoms with E-state index in [1.807, 2.05) is 66.1 Å². The van der Waals surface area contributed by atoms with E-state index in [-0.39, 0.29) is 17.7 Å². The number of halogens is 1. The number of thioether (sulfide) groups is 1. The van der Waals surface area contributed by atoms with Gasteiger partial charge in [-0.3, -0.25) is 9.36 Å². The maximum absolute atomic E-state index is 12.7. The number of rotatable bonds is 8. The average Bonchev–Trinajstić information content (AvgIpc) is 3.27. The second kappa shape index (κ2) is 10.8. The van der Waals surface area contributed by atoms with Gasteiger partial charge in [0.1, 0.15) is 0 Å². The van der Waals surface area contributed by atoms with Crippen LogP contribution in [0.3, 0.4) is 0 Å². The van der Waals surface area contributed by atoms with Crippen molar-refractivity contribution in [1.29, 1.82) is 0 Å². The van der Waals surface area contributed by atoms with Crippen LogP contribution in [0.4, 0.5) is 5.95 Å². The average molecular weight is 472 g/mol. The highest BCUT2D eigenvalue weighted by Gasteiger charge is 2.22. The normalized spacial score (nSPS) is 14.9. The molecular formula is C23H26ClN5O2S. The third-order valence-corrected chi connectivity index (χ3v) is 6.45. The third kappa shape index (κ3) is 5.43. The molecule has 1 amide bonds. The minimum atomic E-state index is -0.0590. The Hall–Kier alpha value is -2.55. The van der Waals surface area contributed by atoms with Crippen molar-refractivity contribution in [3.63, 3.8) is 0 Å². The van der Waals surface area contributed by atoms with Crippen LogP contribution in [-0.4, -0.2) is 52.7 Å². The number of nitrogens with one attached hydrogen (secondary N) is 1. The van der Waals surface area contributed by atoms with Crippen LogP contribution in [0.2, 0.25) is 5.02 Å². The van der Waals surface area contributed by atoms with E-state index in [1.54, 1.807) is 0 Å².